The molecule has 0 unspecified atom stereocenters. The van der Waals surface area contributed by atoms with Gasteiger partial charge in [-0.2, -0.15) is 13.2 Å². The standard InChI is InChI=1S/C12H23F3N2/c1-11(2,3)16(4)10-5-7-17(8-6-10)9-12(13,14)15/h10H,5-9H2,1-4H3. The van der Waals surface area contributed by atoms with Gasteiger partial charge in [-0.05, 0) is 53.8 Å². The van der Waals surface area contributed by atoms with Gasteiger partial charge in [-0.1, -0.05) is 0 Å². The monoisotopic (exact) mass is 252 g/mol. The summed E-state index contributed by atoms with van der Waals surface area (Å²) in [6, 6.07) is 0.402. The molecule has 0 N–H and O–H groups in total. The molecular formula is C12H23F3N2. The fourth-order valence-electron chi connectivity index (χ4n) is 2.27. The second-order valence-corrected chi connectivity index (χ2v) is 5.90. The molecule has 5 heteroatoms. The summed E-state index contributed by atoms with van der Waals surface area (Å²) in [4.78, 5) is 3.78. The van der Waals surface area contributed by atoms with Crippen LogP contribution in [0.2, 0.25) is 0 Å². The van der Waals surface area contributed by atoms with Crippen molar-refractivity contribution < 1.29 is 13.2 Å². The molecule has 0 aromatic heterocycles. The molecule has 0 aromatic carbocycles. The van der Waals surface area contributed by atoms with E-state index in [0.717, 1.165) is 12.8 Å². The minimum Gasteiger partial charge on any atom is -0.298 e. The van der Waals surface area contributed by atoms with Crippen molar-refractivity contribution >= 4 is 0 Å². The Morgan fingerprint density at radius 1 is 1.12 bits per heavy atom. The molecule has 1 fully saturated rings. The summed E-state index contributed by atoms with van der Waals surface area (Å²) in [5.41, 5.74) is 0.0802. The Hall–Kier alpha value is -0.290. The molecule has 1 heterocycles. The zero-order valence-electron chi connectivity index (χ0n) is 11.1. The minimum absolute atomic E-state index is 0.0802. The quantitative estimate of drug-likeness (QED) is 0.745. The van der Waals surface area contributed by atoms with Crippen LogP contribution in [0, 0.1) is 0 Å². The van der Waals surface area contributed by atoms with E-state index in [2.05, 4.69) is 32.7 Å². The van der Waals surface area contributed by atoms with Crippen molar-refractivity contribution in [2.45, 2.75) is 51.4 Å². The van der Waals surface area contributed by atoms with Crippen molar-refractivity contribution in [3.63, 3.8) is 0 Å². The lowest BCUT2D eigenvalue weighted by Crippen LogP contribution is -2.51. The first-order chi connectivity index (χ1) is 7.59. The molecule has 1 aliphatic rings. The van der Waals surface area contributed by atoms with Gasteiger partial charge in [0.15, 0.2) is 0 Å². The summed E-state index contributed by atoms with van der Waals surface area (Å²) in [5.74, 6) is 0. The maximum atomic E-state index is 12.2. The second kappa shape index (κ2) is 5.14. The van der Waals surface area contributed by atoms with E-state index in [0.29, 0.717) is 19.1 Å². The van der Waals surface area contributed by atoms with Gasteiger partial charge in [-0.3, -0.25) is 9.80 Å². The molecule has 102 valence electrons. The average molecular weight is 252 g/mol. The van der Waals surface area contributed by atoms with Crippen LogP contribution in [0.15, 0.2) is 0 Å². The molecule has 1 aliphatic heterocycles. The molecule has 0 aliphatic carbocycles. The van der Waals surface area contributed by atoms with Gasteiger partial charge in [0, 0.05) is 11.6 Å². The average Bonchev–Trinajstić information content (AvgIpc) is 2.14. The molecule has 2 nitrogen and oxygen atoms in total. The van der Waals surface area contributed by atoms with Crippen LogP contribution in [-0.2, 0) is 0 Å². The highest BCUT2D eigenvalue weighted by atomic mass is 19.4. The van der Waals surface area contributed by atoms with E-state index >= 15 is 0 Å². The molecule has 0 radical (unpaired) electrons. The van der Waals surface area contributed by atoms with E-state index in [1.54, 1.807) is 0 Å². The summed E-state index contributed by atoms with van der Waals surface area (Å²) in [6.45, 7) is 6.73. The summed E-state index contributed by atoms with van der Waals surface area (Å²) in [7, 11) is 2.06. The van der Waals surface area contributed by atoms with E-state index in [4.69, 9.17) is 0 Å². The van der Waals surface area contributed by atoms with Gasteiger partial charge in [0.25, 0.3) is 0 Å². The highest BCUT2D eigenvalue weighted by Gasteiger charge is 2.34. The van der Waals surface area contributed by atoms with Crippen molar-refractivity contribution in [3.8, 4) is 0 Å². The smallest absolute Gasteiger partial charge is 0.298 e. The zero-order chi connectivity index (χ0) is 13.3. The van der Waals surface area contributed by atoms with E-state index in [9.17, 15) is 13.2 Å². The van der Waals surface area contributed by atoms with Gasteiger partial charge in [0.2, 0.25) is 0 Å². The van der Waals surface area contributed by atoms with Crippen molar-refractivity contribution in [1.82, 2.24) is 9.80 Å². The molecule has 0 spiro atoms. The van der Waals surface area contributed by atoms with E-state index in [-0.39, 0.29) is 5.54 Å². The molecule has 1 rings (SSSR count). The molecule has 17 heavy (non-hydrogen) atoms. The Morgan fingerprint density at radius 3 is 1.94 bits per heavy atom. The van der Waals surface area contributed by atoms with Crippen LogP contribution in [0.3, 0.4) is 0 Å². The summed E-state index contributed by atoms with van der Waals surface area (Å²) >= 11 is 0. The number of halogens is 3. The molecule has 0 aromatic rings. The number of hydrogen-bond acceptors (Lipinski definition) is 2. The van der Waals surface area contributed by atoms with Gasteiger partial charge in [-0.25, -0.2) is 0 Å². The van der Waals surface area contributed by atoms with Gasteiger partial charge in [0.05, 0.1) is 6.54 Å². The molecule has 0 amide bonds. The predicted octanol–water partition coefficient (Wildman–Crippen LogP) is 2.74. The van der Waals surface area contributed by atoms with Crippen molar-refractivity contribution in [1.29, 1.82) is 0 Å². The first kappa shape index (κ1) is 14.8. The van der Waals surface area contributed by atoms with E-state index in [1.807, 2.05) is 0 Å². The summed E-state index contributed by atoms with van der Waals surface area (Å²) < 4.78 is 36.7. The lowest BCUT2D eigenvalue weighted by atomic mass is 9.97. The van der Waals surface area contributed by atoms with Crippen molar-refractivity contribution in [3.05, 3.63) is 0 Å². The maximum Gasteiger partial charge on any atom is 0.401 e. The third-order valence-corrected chi connectivity index (χ3v) is 3.57. The van der Waals surface area contributed by atoms with Crippen LogP contribution in [-0.4, -0.2) is 54.2 Å². The predicted molar refractivity (Wildman–Crippen MR) is 63.0 cm³/mol. The van der Waals surface area contributed by atoms with Gasteiger partial charge < -0.3 is 0 Å². The van der Waals surface area contributed by atoms with E-state index in [1.165, 1.54) is 4.90 Å². The molecular weight excluding hydrogens is 229 g/mol. The first-order valence-electron chi connectivity index (χ1n) is 6.11. The fourth-order valence-corrected chi connectivity index (χ4v) is 2.27. The van der Waals surface area contributed by atoms with Crippen LogP contribution >= 0.6 is 0 Å². The van der Waals surface area contributed by atoms with Crippen LogP contribution in [0.25, 0.3) is 0 Å². The van der Waals surface area contributed by atoms with Gasteiger partial charge in [0.1, 0.15) is 0 Å². The Bertz CT molecular complexity index is 237. The van der Waals surface area contributed by atoms with Crippen LogP contribution in [0.4, 0.5) is 13.2 Å². The lowest BCUT2D eigenvalue weighted by Gasteiger charge is -2.43. The fraction of sp³-hybridized carbons (Fsp3) is 1.00. The van der Waals surface area contributed by atoms with Gasteiger partial charge in [-0.15, -0.1) is 0 Å². The SMILES string of the molecule is CN(C1CCN(CC(F)(F)F)CC1)C(C)(C)C. The van der Waals surface area contributed by atoms with Gasteiger partial charge >= 0.3 is 6.18 Å². The van der Waals surface area contributed by atoms with Crippen LogP contribution in [0.5, 0.6) is 0 Å². The summed E-state index contributed by atoms with van der Waals surface area (Å²) in [6.07, 6.45) is -2.42. The number of hydrogen-bond donors (Lipinski definition) is 0. The third kappa shape index (κ3) is 4.84. The molecule has 0 atom stereocenters. The molecule has 0 bridgehead atoms. The number of alkyl halides is 3. The highest BCUT2D eigenvalue weighted by molar-refractivity contribution is 4.85. The third-order valence-electron chi connectivity index (χ3n) is 3.57. The Balaban J connectivity index is 2.41. The first-order valence-corrected chi connectivity index (χ1v) is 6.11. The Morgan fingerprint density at radius 2 is 1.59 bits per heavy atom. The zero-order valence-corrected chi connectivity index (χ0v) is 11.1. The van der Waals surface area contributed by atoms with Crippen LogP contribution in [0.1, 0.15) is 33.6 Å². The Kier molecular flexibility index (Phi) is 4.47. The highest BCUT2D eigenvalue weighted by Crippen LogP contribution is 2.24. The molecule has 1 saturated heterocycles. The lowest BCUT2D eigenvalue weighted by molar-refractivity contribution is -0.149. The van der Waals surface area contributed by atoms with E-state index < -0.39 is 12.7 Å². The van der Waals surface area contributed by atoms with Crippen molar-refractivity contribution in [2.24, 2.45) is 0 Å². The number of nitrogens with zero attached hydrogens (tertiary/aromatic N) is 2. The normalized spacial score (nSPS) is 21.2. The minimum atomic E-state index is -4.07. The number of rotatable bonds is 2. The van der Waals surface area contributed by atoms with Crippen molar-refractivity contribution in [2.75, 3.05) is 26.7 Å². The molecule has 0 saturated carbocycles. The number of piperidine rings is 1. The largest absolute Gasteiger partial charge is 0.401 e. The second-order valence-electron chi connectivity index (χ2n) is 5.90. The topological polar surface area (TPSA) is 6.48 Å². The number of likely N-dealkylation sites (tertiary alicyclic amines) is 1. The Labute approximate surface area is 102 Å². The summed E-state index contributed by atoms with van der Waals surface area (Å²) in [5, 5.41) is 0. The maximum absolute atomic E-state index is 12.2. The van der Waals surface area contributed by atoms with Crippen LogP contribution < -0.4 is 0 Å².